The number of ether oxygens (including phenoxy) is 2. The van der Waals surface area contributed by atoms with Crippen LogP contribution >= 0.6 is 15.9 Å². The summed E-state index contributed by atoms with van der Waals surface area (Å²) in [7, 11) is 1.34. The van der Waals surface area contributed by atoms with Crippen molar-refractivity contribution in [2.45, 2.75) is 18.9 Å². The van der Waals surface area contributed by atoms with Crippen LogP contribution in [0, 0.1) is 0 Å². The number of esters is 1. The Kier molecular flexibility index (Phi) is 6.47. The van der Waals surface area contributed by atoms with Crippen molar-refractivity contribution in [1.29, 1.82) is 0 Å². The molecule has 27 heavy (non-hydrogen) atoms. The Hall–Kier alpha value is -2.38. The molecule has 1 aliphatic heterocycles. The number of hydrogen-bond donors (Lipinski definition) is 2. The Morgan fingerprint density at radius 2 is 1.93 bits per heavy atom. The van der Waals surface area contributed by atoms with Gasteiger partial charge in [0.05, 0.1) is 36.6 Å². The monoisotopic (exact) mass is 432 g/mol. The van der Waals surface area contributed by atoms with E-state index in [1.165, 1.54) is 7.11 Å². The summed E-state index contributed by atoms with van der Waals surface area (Å²) in [5, 5.41) is 6.17. The Balaban J connectivity index is 1.72. The van der Waals surface area contributed by atoms with Crippen molar-refractivity contribution in [1.82, 2.24) is 0 Å². The highest BCUT2D eigenvalue weighted by molar-refractivity contribution is 9.10. The summed E-state index contributed by atoms with van der Waals surface area (Å²) in [6.07, 6.45) is 1.41. The highest BCUT2D eigenvalue weighted by Gasteiger charge is 2.19. The quantitative estimate of drug-likeness (QED) is 0.653. The summed E-state index contributed by atoms with van der Waals surface area (Å²) in [6.45, 7) is 1.38. The summed E-state index contributed by atoms with van der Waals surface area (Å²) in [4.78, 5) is 24.2. The maximum absolute atomic E-state index is 12.4. The normalized spacial score (nSPS) is 15.6. The average molecular weight is 433 g/mol. The van der Waals surface area contributed by atoms with Gasteiger partial charge in [-0.25, -0.2) is 4.79 Å². The molecule has 0 saturated carbocycles. The third-order valence-corrected chi connectivity index (χ3v) is 4.83. The van der Waals surface area contributed by atoms with Crippen LogP contribution in [0.15, 0.2) is 46.9 Å². The number of benzene rings is 2. The number of carbonyl (C=O) groups excluding carboxylic acids is 2. The molecule has 3 rings (SSSR count). The van der Waals surface area contributed by atoms with Gasteiger partial charge in [0.15, 0.2) is 0 Å². The molecule has 0 unspecified atom stereocenters. The third kappa shape index (κ3) is 5.30. The van der Waals surface area contributed by atoms with Crippen molar-refractivity contribution in [2.24, 2.45) is 0 Å². The number of nitrogens with one attached hydrogen (secondary N) is 2. The second-order valence-electron chi connectivity index (χ2n) is 6.27. The van der Waals surface area contributed by atoms with Crippen molar-refractivity contribution < 1.29 is 19.1 Å². The van der Waals surface area contributed by atoms with Crippen LogP contribution in [0.4, 0.5) is 11.4 Å². The molecule has 1 aliphatic rings. The van der Waals surface area contributed by atoms with Gasteiger partial charge in [0.2, 0.25) is 5.91 Å². The molecule has 1 heterocycles. The lowest BCUT2D eigenvalue weighted by Crippen LogP contribution is -2.33. The number of rotatable bonds is 7. The molecule has 0 radical (unpaired) electrons. The van der Waals surface area contributed by atoms with Gasteiger partial charge in [-0.1, -0.05) is 28.1 Å². The number of amides is 1. The van der Waals surface area contributed by atoms with Gasteiger partial charge < -0.3 is 20.1 Å². The van der Waals surface area contributed by atoms with Gasteiger partial charge in [0.25, 0.3) is 0 Å². The number of hydrogen-bond acceptors (Lipinski definition) is 5. The predicted octanol–water partition coefficient (Wildman–Crippen LogP) is 3.62. The maximum atomic E-state index is 12.4. The Morgan fingerprint density at radius 3 is 2.56 bits per heavy atom. The van der Waals surface area contributed by atoms with E-state index in [0.29, 0.717) is 23.5 Å². The van der Waals surface area contributed by atoms with Crippen LogP contribution in [0.3, 0.4) is 0 Å². The molecule has 0 aromatic heterocycles. The van der Waals surface area contributed by atoms with Crippen LogP contribution < -0.4 is 10.6 Å². The van der Waals surface area contributed by atoms with Crippen molar-refractivity contribution >= 4 is 39.2 Å². The molecule has 7 heteroatoms. The van der Waals surface area contributed by atoms with E-state index >= 15 is 0 Å². The van der Waals surface area contributed by atoms with Gasteiger partial charge >= 0.3 is 5.97 Å². The lowest BCUT2D eigenvalue weighted by molar-refractivity contribution is -0.115. The van der Waals surface area contributed by atoms with Gasteiger partial charge in [0.1, 0.15) is 0 Å². The van der Waals surface area contributed by atoms with E-state index in [0.717, 1.165) is 23.1 Å². The van der Waals surface area contributed by atoms with Crippen LogP contribution in [0.25, 0.3) is 0 Å². The van der Waals surface area contributed by atoms with Gasteiger partial charge in [-0.3, -0.25) is 4.79 Å². The predicted molar refractivity (Wildman–Crippen MR) is 107 cm³/mol. The lowest BCUT2D eigenvalue weighted by Gasteiger charge is -2.27. The standard InChI is InChI=1S/C20H21BrN2O4/c1-26-20(25)14-4-7-17(18(11-14)22-12-16-8-9-27-16)23-19(24)10-13-2-5-15(21)6-3-13/h2-7,11,16,22H,8-10,12H2,1H3,(H,23,24)/t16-/m0/s1. The topological polar surface area (TPSA) is 76.7 Å². The largest absolute Gasteiger partial charge is 0.465 e. The molecular weight excluding hydrogens is 412 g/mol. The van der Waals surface area contributed by atoms with Gasteiger partial charge in [-0.05, 0) is 42.3 Å². The first kappa shape index (κ1) is 19.4. The molecule has 0 spiro atoms. The fourth-order valence-electron chi connectivity index (χ4n) is 2.70. The number of carbonyl (C=O) groups is 2. The van der Waals surface area contributed by atoms with E-state index in [2.05, 4.69) is 26.6 Å². The fraction of sp³-hybridized carbons (Fsp3) is 0.300. The molecule has 2 N–H and O–H groups in total. The van der Waals surface area contributed by atoms with Gasteiger partial charge in [-0.15, -0.1) is 0 Å². The molecule has 1 saturated heterocycles. The second-order valence-corrected chi connectivity index (χ2v) is 7.18. The van der Waals surface area contributed by atoms with E-state index in [1.807, 2.05) is 24.3 Å². The van der Waals surface area contributed by atoms with E-state index in [1.54, 1.807) is 18.2 Å². The van der Waals surface area contributed by atoms with Crippen molar-refractivity contribution in [3.8, 4) is 0 Å². The summed E-state index contributed by atoms with van der Waals surface area (Å²) >= 11 is 3.38. The average Bonchev–Trinajstić information content (AvgIpc) is 2.63. The summed E-state index contributed by atoms with van der Waals surface area (Å²) < 4.78 is 11.2. The van der Waals surface area contributed by atoms with Crippen LogP contribution in [0.2, 0.25) is 0 Å². The SMILES string of the molecule is COC(=O)c1ccc(NC(=O)Cc2ccc(Br)cc2)c(NC[C@@H]2CCO2)c1. The van der Waals surface area contributed by atoms with E-state index in [4.69, 9.17) is 9.47 Å². The zero-order chi connectivity index (χ0) is 19.2. The molecule has 1 fully saturated rings. The van der Waals surface area contributed by atoms with E-state index in [-0.39, 0.29) is 18.4 Å². The van der Waals surface area contributed by atoms with Crippen molar-refractivity contribution in [3.63, 3.8) is 0 Å². The summed E-state index contributed by atoms with van der Waals surface area (Å²) in [6, 6.07) is 12.6. The first-order chi connectivity index (χ1) is 13.0. The third-order valence-electron chi connectivity index (χ3n) is 4.31. The Bertz CT molecular complexity index is 819. The molecule has 0 aliphatic carbocycles. The fourth-order valence-corrected chi connectivity index (χ4v) is 2.96. The zero-order valence-corrected chi connectivity index (χ0v) is 16.5. The minimum Gasteiger partial charge on any atom is -0.465 e. The Labute approximate surface area is 166 Å². The zero-order valence-electron chi connectivity index (χ0n) is 15.0. The second kappa shape index (κ2) is 9.01. The van der Waals surface area contributed by atoms with E-state index < -0.39 is 5.97 Å². The lowest BCUT2D eigenvalue weighted by atomic mass is 10.1. The summed E-state index contributed by atoms with van der Waals surface area (Å²) in [5.74, 6) is -0.559. The minimum atomic E-state index is -0.425. The number of methoxy groups -OCH3 is 1. The van der Waals surface area contributed by atoms with E-state index in [9.17, 15) is 9.59 Å². The molecule has 1 atom stereocenters. The van der Waals surface area contributed by atoms with Gasteiger partial charge in [-0.2, -0.15) is 0 Å². The molecule has 1 amide bonds. The minimum absolute atomic E-state index is 0.133. The number of anilines is 2. The highest BCUT2D eigenvalue weighted by atomic mass is 79.9. The van der Waals surface area contributed by atoms with Crippen LogP contribution in [-0.4, -0.2) is 38.2 Å². The Morgan fingerprint density at radius 1 is 1.19 bits per heavy atom. The molecule has 0 bridgehead atoms. The molecule has 6 nitrogen and oxygen atoms in total. The van der Waals surface area contributed by atoms with Crippen LogP contribution in [0.5, 0.6) is 0 Å². The summed E-state index contributed by atoms with van der Waals surface area (Å²) in [5.41, 5.74) is 2.61. The van der Waals surface area contributed by atoms with Crippen molar-refractivity contribution in [2.75, 3.05) is 30.9 Å². The molecule has 2 aromatic carbocycles. The molecule has 142 valence electrons. The maximum Gasteiger partial charge on any atom is 0.337 e. The number of halogens is 1. The highest BCUT2D eigenvalue weighted by Crippen LogP contribution is 2.25. The van der Waals surface area contributed by atoms with Crippen LogP contribution in [0.1, 0.15) is 22.3 Å². The molecular formula is C20H21BrN2O4. The van der Waals surface area contributed by atoms with Gasteiger partial charge in [0, 0.05) is 17.6 Å². The first-order valence-electron chi connectivity index (χ1n) is 8.67. The van der Waals surface area contributed by atoms with Crippen molar-refractivity contribution in [3.05, 3.63) is 58.1 Å². The smallest absolute Gasteiger partial charge is 0.337 e. The first-order valence-corrected chi connectivity index (χ1v) is 9.46. The van der Waals surface area contributed by atoms with Crippen LogP contribution in [-0.2, 0) is 20.7 Å². The molecule has 2 aromatic rings.